The first-order valence-electron chi connectivity index (χ1n) is 6.04. The van der Waals surface area contributed by atoms with Gasteiger partial charge >= 0.3 is 0 Å². The summed E-state index contributed by atoms with van der Waals surface area (Å²) in [5, 5.41) is 26.3. The third kappa shape index (κ3) is 1.90. The van der Waals surface area contributed by atoms with E-state index in [0.717, 1.165) is 17.1 Å². The van der Waals surface area contributed by atoms with Gasteiger partial charge in [-0.1, -0.05) is 0 Å². The Labute approximate surface area is 113 Å². The Bertz CT molecular complexity index is 798. The van der Waals surface area contributed by atoms with Crippen LogP contribution in [0.25, 0.3) is 22.3 Å². The van der Waals surface area contributed by atoms with Crippen LogP contribution < -0.4 is 0 Å². The molecular formula is C14H12FN3O2. The molecule has 2 aromatic heterocycles. The van der Waals surface area contributed by atoms with Gasteiger partial charge in [-0.25, -0.2) is 9.37 Å². The van der Waals surface area contributed by atoms with Gasteiger partial charge in [0.15, 0.2) is 5.65 Å². The van der Waals surface area contributed by atoms with Gasteiger partial charge in [-0.2, -0.15) is 5.10 Å². The van der Waals surface area contributed by atoms with Crippen molar-refractivity contribution in [1.82, 2.24) is 15.2 Å². The zero-order chi connectivity index (χ0) is 14.3. The fourth-order valence-electron chi connectivity index (χ4n) is 2.24. The molecular weight excluding hydrogens is 261 g/mol. The number of benzene rings is 1. The number of aromatic amines is 1. The van der Waals surface area contributed by atoms with Crippen LogP contribution in [0.4, 0.5) is 4.39 Å². The van der Waals surface area contributed by atoms with Crippen molar-refractivity contribution >= 4 is 11.0 Å². The van der Waals surface area contributed by atoms with E-state index >= 15 is 0 Å². The van der Waals surface area contributed by atoms with Crippen molar-refractivity contribution in [3.8, 4) is 17.0 Å². The largest absolute Gasteiger partial charge is 0.508 e. The van der Waals surface area contributed by atoms with Crippen LogP contribution in [-0.2, 0) is 6.61 Å². The number of fused-ring (bicyclic) bond motifs is 1. The number of hydrogen-bond acceptors (Lipinski definition) is 4. The number of phenols is 1. The number of pyridine rings is 1. The van der Waals surface area contributed by atoms with E-state index in [9.17, 15) is 14.6 Å². The van der Waals surface area contributed by atoms with E-state index in [4.69, 9.17) is 0 Å². The first-order valence-corrected chi connectivity index (χ1v) is 6.04. The number of halogens is 1. The number of phenolic OH excluding ortho intramolecular Hbond substituents is 1. The molecule has 0 atom stereocenters. The van der Waals surface area contributed by atoms with Gasteiger partial charge in [0, 0.05) is 22.7 Å². The molecule has 0 amide bonds. The predicted molar refractivity (Wildman–Crippen MR) is 71.6 cm³/mol. The molecule has 6 heteroatoms. The van der Waals surface area contributed by atoms with E-state index in [-0.39, 0.29) is 17.9 Å². The summed E-state index contributed by atoms with van der Waals surface area (Å²) >= 11 is 0. The molecule has 20 heavy (non-hydrogen) atoms. The van der Waals surface area contributed by atoms with Crippen molar-refractivity contribution in [3.63, 3.8) is 0 Å². The quantitative estimate of drug-likeness (QED) is 0.669. The maximum Gasteiger partial charge on any atom is 0.182 e. The number of H-pyrrole nitrogens is 1. The van der Waals surface area contributed by atoms with Crippen LogP contribution in [0, 0.1) is 12.7 Å². The summed E-state index contributed by atoms with van der Waals surface area (Å²) in [6, 6.07) is 5.48. The number of nitrogens with zero attached hydrogens (tertiary/aromatic N) is 2. The summed E-state index contributed by atoms with van der Waals surface area (Å²) in [4.78, 5) is 4.29. The predicted octanol–water partition coefficient (Wildman–Crippen LogP) is 2.27. The molecule has 0 aliphatic heterocycles. The molecule has 5 nitrogen and oxygen atoms in total. The van der Waals surface area contributed by atoms with E-state index < -0.39 is 5.82 Å². The van der Waals surface area contributed by atoms with Crippen molar-refractivity contribution in [3.05, 3.63) is 41.3 Å². The lowest BCUT2D eigenvalue weighted by atomic mass is 10.1. The molecule has 0 saturated heterocycles. The Morgan fingerprint density at radius 2 is 2.10 bits per heavy atom. The molecule has 3 N–H and O–H groups in total. The Kier molecular flexibility index (Phi) is 2.87. The van der Waals surface area contributed by atoms with E-state index in [0.29, 0.717) is 16.9 Å². The molecule has 0 bridgehead atoms. The van der Waals surface area contributed by atoms with Gasteiger partial charge in [-0.05, 0) is 30.7 Å². The average Bonchev–Trinajstić information content (AvgIpc) is 2.79. The van der Waals surface area contributed by atoms with E-state index in [1.54, 1.807) is 6.07 Å². The fourth-order valence-corrected chi connectivity index (χ4v) is 2.24. The molecule has 0 aliphatic rings. The highest BCUT2D eigenvalue weighted by Crippen LogP contribution is 2.28. The summed E-state index contributed by atoms with van der Waals surface area (Å²) in [5.41, 5.74) is 2.47. The molecule has 1 aromatic carbocycles. The second-order valence-electron chi connectivity index (χ2n) is 4.54. The zero-order valence-corrected chi connectivity index (χ0v) is 10.7. The molecule has 0 unspecified atom stereocenters. The molecule has 2 heterocycles. The number of aromatic nitrogens is 3. The number of hydrogen-bond donors (Lipinski definition) is 3. The summed E-state index contributed by atoms with van der Waals surface area (Å²) in [6.45, 7) is 1.64. The van der Waals surface area contributed by atoms with Crippen molar-refractivity contribution in [1.29, 1.82) is 0 Å². The lowest BCUT2D eigenvalue weighted by Gasteiger charge is -2.06. The Hall–Kier alpha value is -2.47. The minimum absolute atomic E-state index is 0.148. The lowest BCUT2D eigenvalue weighted by Crippen LogP contribution is -1.94. The van der Waals surface area contributed by atoms with Crippen LogP contribution in [-0.4, -0.2) is 25.4 Å². The second-order valence-corrected chi connectivity index (χ2v) is 4.54. The van der Waals surface area contributed by atoms with Gasteiger partial charge in [0.1, 0.15) is 11.6 Å². The number of nitrogens with one attached hydrogen (secondary N) is 1. The molecule has 0 aliphatic carbocycles. The Balaban J connectivity index is 2.26. The maximum absolute atomic E-state index is 13.9. The smallest absolute Gasteiger partial charge is 0.182 e. The first kappa shape index (κ1) is 12.6. The van der Waals surface area contributed by atoms with Crippen LogP contribution in [0.15, 0.2) is 24.3 Å². The highest BCUT2D eigenvalue weighted by atomic mass is 19.1. The topological polar surface area (TPSA) is 82.0 Å². The number of aliphatic hydroxyl groups excluding tert-OH is 1. The van der Waals surface area contributed by atoms with Crippen LogP contribution in [0.3, 0.4) is 0 Å². The van der Waals surface area contributed by atoms with Crippen molar-refractivity contribution in [2.24, 2.45) is 0 Å². The van der Waals surface area contributed by atoms with Crippen LogP contribution in [0.5, 0.6) is 5.75 Å². The maximum atomic E-state index is 13.9. The SMILES string of the molecule is Cc1[nH]nc2nc(-c3ccc(O)cc3F)cc(CO)c12. The molecule has 3 rings (SSSR count). The third-order valence-corrected chi connectivity index (χ3v) is 3.19. The van der Waals surface area contributed by atoms with Gasteiger partial charge in [0.25, 0.3) is 0 Å². The van der Waals surface area contributed by atoms with E-state index in [2.05, 4.69) is 15.2 Å². The third-order valence-electron chi connectivity index (χ3n) is 3.19. The van der Waals surface area contributed by atoms with Crippen LogP contribution >= 0.6 is 0 Å². The average molecular weight is 273 g/mol. The standard InChI is InChI=1S/C14H12FN3O2/c1-7-13-8(6-19)4-12(16-14(13)18-17-7)10-3-2-9(20)5-11(10)15/h2-5,19-20H,6H2,1H3,(H,16,17,18). The zero-order valence-electron chi connectivity index (χ0n) is 10.7. The van der Waals surface area contributed by atoms with Gasteiger partial charge in [0.2, 0.25) is 0 Å². The normalized spacial score (nSPS) is 11.2. The van der Waals surface area contributed by atoms with Crippen molar-refractivity contribution < 1.29 is 14.6 Å². The highest BCUT2D eigenvalue weighted by Gasteiger charge is 2.14. The van der Waals surface area contributed by atoms with Gasteiger partial charge in [-0.15, -0.1) is 0 Å². The summed E-state index contributed by atoms with van der Waals surface area (Å²) in [7, 11) is 0. The van der Waals surface area contributed by atoms with Crippen LogP contribution in [0.1, 0.15) is 11.3 Å². The molecule has 0 saturated carbocycles. The Morgan fingerprint density at radius 3 is 2.80 bits per heavy atom. The number of aliphatic hydroxyl groups is 1. The molecule has 0 radical (unpaired) electrons. The highest BCUT2D eigenvalue weighted by molar-refractivity contribution is 5.84. The number of aryl methyl sites for hydroxylation is 1. The van der Waals surface area contributed by atoms with E-state index in [1.165, 1.54) is 12.1 Å². The minimum atomic E-state index is -0.576. The lowest BCUT2D eigenvalue weighted by molar-refractivity contribution is 0.283. The molecule has 0 spiro atoms. The number of rotatable bonds is 2. The monoisotopic (exact) mass is 273 g/mol. The first-order chi connectivity index (χ1) is 9.60. The van der Waals surface area contributed by atoms with Crippen molar-refractivity contribution in [2.45, 2.75) is 13.5 Å². The van der Waals surface area contributed by atoms with Crippen molar-refractivity contribution in [2.75, 3.05) is 0 Å². The summed E-state index contributed by atoms with van der Waals surface area (Å²) < 4.78 is 13.9. The summed E-state index contributed by atoms with van der Waals surface area (Å²) in [6.07, 6.45) is 0. The summed E-state index contributed by atoms with van der Waals surface area (Å²) in [5.74, 6) is -0.724. The van der Waals surface area contributed by atoms with E-state index in [1.807, 2.05) is 6.92 Å². The molecule has 102 valence electrons. The number of aromatic hydroxyl groups is 1. The minimum Gasteiger partial charge on any atom is -0.508 e. The molecule has 3 aromatic rings. The fraction of sp³-hybridized carbons (Fsp3) is 0.143. The Morgan fingerprint density at radius 1 is 1.30 bits per heavy atom. The van der Waals surface area contributed by atoms with Gasteiger partial charge < -0.3 is 10.2 Å². The van der Waals surface area contributed by atoms with Gasteiger partial charge in [-0.3, -0.25) is 5.10 Å². The van der Waals surface area contributed by atoms with Crippen LogP contribution in [0.2, 0.25) is 0 Å². The second kappa shape index (κ2) is 4.57. The van der Waals surface area contributed by atoms with Gasteiger partial charge in [0.05, 0.1) is 12.3 Å². The molecule has 0 fully saturated rings.